The molecular formula is C17H14O2. The highest BCUT2D eigenvalue weighted by Gasteiger charge is 2.12. The summed E-state index contributed by atoms with van der Waals surface area (Å²) in [6.07, 6.45) is 0. The van der Waals surface area contributed by atoms with Gasteiger partial charge in [-0.1, -0.05) is 42.2 Å². The number of methoxy groups -OCH3 is 1. The Bertz CT molecular complexity index is 646. The molecule has 0 aromatic heterocycles. The van der Waals surface area contributed by atoms with Gasteiger partial charge in [-0.25, -0.2) is 4.79 Å². The van der Waals surface area contributed by atoms with Crippen molar-refractivity contribution in [1.29, 1.82) is 0 Å². The molecule has 0 aliphatic heterocycles. The highest BCUT2D eigenvalue weighted by Crippen LogP contribution is 2.14. The van der Waals surface area contributed by atoms with E-state index in [1.54, 1.807) is 0 Å². The molecule has 0 radical (unpaired) electrons. The summed E-state index contributed by atoms with van der Waals surface area (Å²) in [5, 5.41) is 0. The van der Waals surface area contributed by atoms with Gasteiger partial charge in [0.15, 0.2) is 0 Å². The molecule has 2 aromatic rings. The fourth-order valence-electron chi connectivity index (χ4n) is 1.81. The van der Waals surface area contributed by atoms with Crippen LogP contribution in [0.25, 0.3) is 0 Å². The minimum atomic E-state index is -0.351. The largest absolute Gasteiger partial charge is 0.465 e. The van der Waals surface area contributed by atoms with Gasteiger partial charge in [0.25, 0.3) is 0 Å². The minimum Gasteiger partial charge on any atom is -0.465 e. The Morgan fingerprint density at radius 3 is 2.42 bits per heavy atom. The van der Waals surface area contributed by atoms with Crippen LogP contribution < -0.4 is 0 Å². The number of ether oxygens (including phenoxy) is 1. The summed E-state index contributed by atoms with van der Waals surface area (Å²) in [6, 6.07) is 15.3. The number of carbonyl (C=O) groups is 1. The summed E-state index contributed by atoms with van der Waals surface area (Å²) < 4.78 is 4.80. The van der Waals surface area contributed by atoms with Crippen molar-refractivity contribution in [3.63, 3.8) is 0 Å². The quantitative estimate of drug-likeness (QED) is 0.574. The summed E-state index contributed by atoms with van der Waals surface area (Å²) in [4.78, 5) is 11.8. The molecule has 0 unspecified atom stereocenters. The summed E-state index contributed by atoms with van der Waals surface area (Å²) in [5.41, 5.74) is 3.01. The van der Waals surface area contributed by atoms with Gasteiger partial charge in [-0.2, -0.15) is 0 Å². The van der Waals surface area contributed by atoms with Crippen LogP contribution in [0.2, 0.25) is 0 Å². The molecular weight excluding hydrogens is 236 g/mol. The molecule has 0 spiro atoms. The zero-order valence-electron chi connectivity index (χ0n) is 10.9. The summed E-state index contributed by atoms with van der Waals surface area (Å²) >= 11 is 0. The second-order valence-electron chi connectivity index (χ2n) is 4.11. The Balaban J connectivity index is 2.44. The Hall–Kier alpha value is -2.53. The highest BCUT2D eigenvalue weighted by atomic mass is 16.5. The first-order valence-corrected chi connectivity index (χ1v) is 5.97. The third-order valence-electron chi connectivity index (χ3n) is 2.78. The average Bonchev–Trinajstić information content (AvgIpc) is 2.45. The first-order chi connectivity index (χ1) is 9.22. The molecule has 0 aliphatic rings. The first kappa shape index (κ1) is 12.9. The van der Waals surface area contributed by atoms with Crippen molar-refractivity contribution in [2.24, 2.45) is 0 Å². The normalized spacial score (nSPS) is 9.37. The van der Waals surface area contributed by atoms with E-state index in [1.165, 1.54) is 7.11 Å². The van der Waals surface area contributed by atoms with Crippen LogP contribution in [0, 0.1) is 18.8 Å². The predicted molar refractivity (Wildman–Crippen MR) is 74.9 cm³/mol. The second-order valence-corrected chi connectivity index (χ2v) is 4.11. The molecule has 0 saturated heterocycles. The van der Waals surface area contributed by atoms with E-state index in [-0.39, 0.29) is 5.97 Å². The molecule has 0 heterocycles. The third kappa shape index (κ3) is 3.02. The molecule has 0 fully saturated rings. The smallest absolute Gasteiger partial charge is 0.339 e. The van der Waals surface area contributed by atoms with Gasteiger partial charge in [-0.15, -0.1) is 0 Å². The lowest BCUT2D eigenvalue weighted by molar-refractivity contribution is 0.0599. The molecule has 2 heteroatoms. The van der Waals surface area contributed by atoms with Crippen LogP contribution in [0.15, 0.2) is 48.5 Å². The zero-order chi connectivity index (χ0) is 13.7. The van der Waals surface area contributed by atoms with Crippen molar-refractivity contribution < 1.29 is 9.53 Å². The van der Waals surface area contributed by atoms with Gasteiger partial charge in [0.1, 0.15) is 0 Å². The molecule has 0 bridgehead atoms. The van der Waals surface area contributed by atoms with Gasteiger partial charge in [0, 0.05) is 11.1 Å². The SMILES string of the molecule is COC(=O)c1c(C)cccc1C#Cc1ccccc1. The van der Waals surface area contributed by atoms with Crippen LogP contribution in [0.4, 0.5) is 0 Å². The molecule has 2 nitrogen and oxygen atoms in total. The van der Waals surface area contributed by atoms with Crippen molar-refractivity contribution in [2.75, 3.05) is 7.11 Å². The second kappa shape index (κ2) is 5.88. The van der Waals surface area contributed by atoms with Crippen molar-refractivity contribution in [3.05, 3.63) is 70.8 Å². The molecule has 19 heavy (non-hydrogen) atoms. The number of esters is 1. The number of hydrogen-bond acceptors (Lipinski definition) is 2. The topological polar surface area (TPSA) is 26.3 Å². The monoisotopic (exact) mass is 250 g/mol. The predicted octanol–water partition coefficient (Wildman–Crippen LogP) is 3.18. The van der Waals surface area contributed by atoms with Gasteiger partial charge in [0.2, 0.25) is 0 Å². The maximum atomic E-state index is 11.8. The molecule has 0 atom stereocenters. The van der Waals surface area contributed by atoms with Crippen molar-refractivity contribution in [1.82, 2.24) is 0 Å². The standard InChI is InChI=1S/C17H14O2/c1-13-7-6-10-15(16(13)17(18)19-2)12-11-14-8-4-3-5-9-14/h3-10H,1-2H3. The Labute approximate surface area is 113 Å². The minimum absolute atomic E-state index is 0.351. The van der Waals surface area contributed by atoms with E-state index in [9.17, 15) is 4.79 Å². The molecule has 0 amide bonds. The van der Waals surface area contributed by atoms with E-state index in [1.807, 2.05) is 55.5 Å². The van der Waals surface area contributed by atoms with Crippen molar-refractivity contribution in [2.45, 2.75) is 6.92 Å². The molecule has 0 aliphatic carbocycles. The van der Waals surface area contributed by atoms with Crippen LogP contribution in [0.5, 0.6) is 0 Å². The molecule has 94 valence electrons. The number of rotatable bonds is 1. The number of carbonyl (C=O) groups excluding carboxylic acids is 1. The van der Waals surface area contributed by atoms with Gasteiger partial charge in [0.05, 0.1) is 12.7 Å². The van der Waals surface area contributed by atoms with E-state index in [0.717, 1.165) is 11.1 Å². The zero-order valence-corrected chi connectivity index (χ0v) is 10.9. The van der Waals surface area contributed by atoms with Crippen LogP contribution in [0.1, 0.15) is 27.0 Å². The maximum absolute atomic E-state index is 11.8. The summed E-state index contributed by atoms with van der Waals surface area (Å²) in [6.45, 7) is 1.87. The fourth-order valence-corrected chi connectivity index (χ4v) is 1.81. The van der Waals surface area contributed by atoms with Gasteiger partial charge < -0.3 is 4.74 Å². The van der Waals surface area contributed by atoms with Crippen molar-refractivity contribution >= 4 is 5.97 Å². The van der Waals surface area contributed by atoms with Crippen molar-refractivity contribution in [3.8, 4) is 11.8 Å². The lowest BCUT2D eigenvalue weighted by Gasteiger charge is -2.05. The maximum Gasteiger partial charge on any atom is 0.339 e. The van der Waals surface area contributed by atoms with E-state index >= 15 is 0 Å². The van der Waals surface area contributed by atoms with Crippen LogP contribution in [-0.4, -0.2) is 13.1 Å². The number of hydrogen-bond donors (Lipinski definition) is 0. The first-order valence-electron chi connectivity index (χ1n) is 5.97. The lowest BCUT2D eigenvalue weighted by Crippen LogP contribution is -2.06. The van der Waals surface area contributed by atoms with E-state index in [2.05, 4.69) is 11.8 Å². The molecule has 0 N–H and O–H groups in total. The van der Waals surface area contributed by atoms with E-state index in [0.29, 0.717) is 11.1 Å². The average molecular weight is 250 g/mol. The summed E-state index contributed by atoms with van der Waals surface area (Å²) in [7, 11) is 1.38. The number of aryl methyl sites for hydroxylation is 1. The highest BCUT2D eigenvalue weighted by molar-refractivity contribution is 5.93. The Kier molecular flexibility index (Phi) is 4.00. The Morgan fingerprint density at radius 2 is 1.74 bits per heavy atom. The molecule has 2 aromatic carbocycles. The van der Waals surface area contributed by atoms with Crippen LogP contribution in [-0.2, 0) is 4.74 Å². The number of benzene rings is 2. The van der Waals surface area contributed by atoms with Gasteiger partial charge >= 0.3 is 5.97 Å². The van der Waals surface area contributed by atoms with Crippen LogP contribution in [0.3, 0.4) is 0 Å². The van der Waals surface area contributed by atoms with Gasteiger partial charge in [-0.05, 0) is 30.7 Å². The Morgan fingerprint density at radius 1 is 1.00 bits per heavy atom. The summed E-state index contributed by atoms with van der Waals surface area (Å²) in [5.74, 6) is 5.73. The van der Waals surface area contributed by atoms with E-state index in [4.69, 9.17) is 4.74 Å². The van der Waals surface area contributed by atoms with Gasteiger partial charge in [-0.3, -0.25) is 0 Å². The van der Waals surface area contributed by atoms with E-state index < -0.39 is 0 Å². The van der Waals surface area contributed by atoms with Crippen LogP contribution >= 0.6 is 0 Å². The lowest BCUT2D eigenvalue weighted by atomic mass is 10.0. The molecule has 2 rings (SSSR count). The third-order valence-corrected chi connectivity index (χ3v) is 2.78. The molecule has 0 saturated carbocycles. The fraction of sp³-hybridized carbons (Fsp3) is 0.118.